The molecule has 434 valence electrons. The topological polar surface area (TPSA) is 32.8 Å². The average Bonchev–Trinajstić information content (AvgIpc) is 1.18. The Morgan fingerprint density at radius 1 is 0.293 bits per heavy atom. The van der Waals surface area contributed by atoms with Crippen LogP contribution in [0.25, 0.3) is 122 Å². The Morgan fingerprint density at radius 3 is 1.41 bits per heavy atom. The van der Waals surface area contributed by atoms with E-state index in [1.54, 1.807) is 0 Å². The van der Waals surface area contributed by atoms with E-state index in [1.165, 1.54) is 59.8 Å². The highest BCUT2D eigenvalue weighted by Gasteiger charge is 2.21. The SMILES string of the molecule is C=C/C(c1ccc(N(c2ccc3c(ccc4ccccc43)c2)c2ccccc2-c2ccccc2)cc1)=c1/oc2ccccc2c1=C.c1ccc(-c2cccc(N(c3ccc(-c4cccc5c4oc4ccccc45)cc3)c3ccc4c(ccc5ccccc54)c3)c2)cc1. The summed E-state index contributed by atoms with van der Waals surface area (Å²) in [6, 6.07) is 118. The van der Waals surface area contributed by atoms with Gasteiger partial charge in [0.15, 0.2) is 0 Å². The molecule has 0 aliphatic carbocycles. The van der Waals surface area contributed by atoms with E-state index < -0.39 is 0 Å². The lowest BCUT2D eigenvalue weighted by Gasteiger charge is -2.28. The first-order valence-electron chi connectivity index (χ1n) is 31.2. The van der Waals surface area contributed by atoms with E-state index >= 15 is 0 Å². The normalized spacial score (nSPS) is 11.7. The van der Waals surface area contributed by atoms with E-state index in [1.807, 2.05) is 42.5 Å². The Bertz CT molecular complexity index is 5750. The molecule has 2 aromatic heterocycles. The molecule has 0 spiro atoms. The van der Waals surface area contributed by atoms with Gasteiger partial charge in [-0.3, -0.25) is 0 Å². The Hall–Kier alpha value is -12.2. The monoisotopic (exact) mass is 1180 g/mol. The summed E-state index contributed by atoms with van der Waals surface area (Å²) in [4.78, 5) is 4.70. The van der Waals surface area contributed by atoms with Crippen molar-refractivity contribution in [2.24, 2.45) is 0 Å². The van der Waals surface area contributed by atoms with Crippen LogP contribution in [0.5, 0.6) is 0 Å². The largest absolute Gasteiger partial charge is 0.455 e. The molecular formula is C88H60N2O2. The van der Waals surface area contributed by atoms with E-state index in [2.05, 4.69) is 320 Å². The van der Waals surface area contributed by atoms with Crippen LogP contribution in [-0.2, 0) is 0 Å². The lowest BCUT2D eigenvalue weighted by molar-refractivity contribution is 0.573. The van der Waals surface area contributed by atoms with Crippen LogP contribution in [0.15, 0.2) is 355 Å². The molecule has 0 aliphatic rings. The minimum atomic E-state index is 0.747. The van der Waals surface area contributed by atoms with E-state index in [4.69, 9.17) is 8.83 Å². The zero-order valence-electron chi connectivity index (χ0n) is 50.5. The first-order chi connectivity index (χ1) is 45.5. The molecular weight excluding hydrogens is 1120 g/mol. The van der Waals surface area contributed by atoms with Gasteiger partial charge in [0.1, 0.15) is 22.2 Å². The smallest absolute Gasteiger partial charge is 0.143 e. The highest BCUT2D eigenvalue weighted by molar-refractivity contribution is 6.11. The summed E-state index contributed by atoms with van der Waals surface area (Å²) in [6.07, 6.45) is 1.86. The number of allylic oxidation sites excluding steroid dienone is 1. The molecule has 0 amide bonds. The molecule has 0 radical (unpaired) electrons. The van der Waals surface area contributed by atoms with Gasteiger partial charge in [0.2, 0.25) is 0 Å². The van der Waals surface area contributed by atoms with Gasteiger partial charge in [-0.1, -0.05) is 274 Å². The fraction of sp³-hybridized carbons (Fsp3) is 0. The van der Waals surface area contributed by atoms with Gasteiger partial charge in [-0.25, -0.2) is 0 Å². The molecule has 0 bridgehead atoms. The van der Waals surface area contributed by atoms with Crippen molar-refractivity contribution in [3.63, 3.8) is 0 Å². The zero-order chi connectivity index (χ0) is 61.5. The van der Waals surface area contributed by atoms with Crippen molar-refractivity contribution in [1.29, 1.82) is 0 Å². The second kappa shape index (κ2) is 23.7. The van der Waals surface area contributed by atoms with E-state index in [-0.39, 0.29) is 0 Å². The Morgan fingerprint density at radius 2 is 0.750 bits per heavy atom. The highest BCUT2D eigenvalue weighted by Crippen LogP contribution is 2.44. The van der Waals surface area contributed by atoms with Crippen LogP contribution >= 0.6 is 0 Å². The summed E-state index contributed by atoms with van der Waals surface area (Å²) in [5, 5.41) is 14.1. The van der Waals surface area contributed by atoms with Crippen LogP contribution in [0.4, 0.5) is 34.1 Å². The molecule has 15 aromatic carbocycles. The maximum absolute atomic E-state index is 6.37. The van der Waals surface area contributed by atoms with Crippen molar-refractivity contribution < 1.29 is 8.83 Å². The Kier molecular flexibility index (Phi) is 14.2. The highest BCUT2D eigenvalue weighted by atomic mass is 16.3. The second-order valence-electron chi connectivity index (χ2n) is 23.3. The molecule has 0 saturated carbocycles. The number of para-hydroxylation sites is 4. The van der Waals surface area contributed by atoms with Crippen molar-refractivity contribution in [2.45, 2.75) is 0 Å². The number of nitrogens with zero attached hydrogens (tertiary/aromatic N) is 2. The third-order valence-electron chi connectivity index (χ3n) is 17.8. The number of benzene rings is 15. The van der Waals surface area contributed by atoms with Crippen molar-refractivity contribution in [3.8, 4) is 33.4 Å². The first kappa shape index (κ1) is 55.1. The molecule has 0 unspecified atom stereocenters. The van der Waals surface area contributed by atoms with Gasteiger partial charge in [-0.15, -0.1) is 0 Å². The van der Waals surface area contributed by atoms with Crippen LogP contribution < -0.4 is 20.4 Å². The molecule has 2 heterocycles. The number of hydrogen-bond donors (Lipinski definition) is 0. The third-order valence-corrected chi connectivity index (χ3v) is 17.8. The Balaban J connectivity index is 0.000000146. The standard InChI is InChI=1S/C44H29NO.C44H31NO/c1-2-10-30(11-3-1)33-13-8-14-36(28-33)45(37-26-27-39-34(29-37)21-20-31-12-4-5-15-38(31)39)35-24-22-32(23-25-35)40-17-9-18-42-41-16-6-7-19-43(41)46-44(40)42;1-3-37(44-30(2)38-16-10-12-20-43(38)46-44)33-23-25-35(26-24-33)45(42-19-11-9-18-41(42)31-13-5-4-6-14-31)36-27-28-40-34(29-36)22-21-32-15-7-8-17-39(32)40/h1-29H;3-29H,1-2H2/b;44-37-. The molecule has 0 N–H and O–H groups in total. The molecule has 4 nitrogen and oxygen atoms in total. The minimum Gasteiger partial charge on any atom is -0.455 e. The predicted octanol–water partition coefficient (Wildman–Crippen LogP) is 23.4. The van der Waals surface area contributed by atoms with Gasteiger partial charge in [0.05, 0.1) is 5.69 Å². The molecule has 0 saturated heterocycles. The summed E-state index contributed by atoms with van der Waals surface area (Å²) in [7, 11) is 0. The zero-order valence-corrected chi connectivity index (χ0v) is 50.5. The lowest BCUT2D eigenvalue weighted by Crippen LogP contribution is -2.21. The van der Waals surface area contributed by atoms with E-state index in [0.717, 1.165) is 105 Å². The fourth-order valence-electron chi connectivity index (χ4n) is 13.4. The van der Waals surface area contributed by atoms with Gasteiger partial charge < -0.3 is 18.6 Å². The predicted molar refractivity (Wildman–Crippen MR) is 390 cm³/mol. The van der Waals surface area contributed by atoms with Crippen molar-refractivity contribution in [1.82, 2.24) is 0 Å². The van der Waals surface area contributed by atoms with Crippen LogP contribution in [0, 0.1) is 0 Å². The Labute approximate surface area is 533 Å². The van der Waals surface area contributed by atoms with Gasteiger partial charge in [0.25, 0.3) is 0 Å². The van der Waals surface area contributed by atoms with E-state index in [9.17, 15) is 0 Å². The van der Waals surface area contributed by atoms with Gasteiger partial charge in [-0.2, -0.15) is 0 Å². The molecule has 17 rings (SSSR count). The van der Waals surface area contributed by atoms with Crippen molar-refractivity contribution >= 4 is 122 Å². The van der Waals surface area contributed by atoms with E-state index in [0.29, 0.717) is 0 Å². The van der Waals surface area contributed by atoms with Crippen LogP contribution in [0.1, 0.15) is 5.56 Å². The van der Waals surface area contributed by atoms with Gasteiger partial charge in [0, 0.05) is 66.5 Å². The van der Waals surface area contributed by atoms with Crippen LogP contribution in [0.2, 0.25) is 0 Å². The number of anilines is 6. The number of fused-ring (bicyclic) bond motifs is 10. The number of hydrogen-bond acceptors (Lipinski definition) is 4. The van der Waals surface area contributed by atoms with Gasteiger partial charge in [-0.05, 0) is 150 Å². The van der Waals surface area contributed by atoms with Crippen LogP contribution in [-0.4, -0.2) is 0 Å². The molecule has 0 fully saturated rings. The van der Waals surface area contributed by atoms with Crippen molar-refractivity contribution in [3.05, 3.63) is 363 Å². The summed E-state index contributed by atoms with van der Waals surface area (Å²) >= 11 is 0. The molecule has 4 heteroatoms. The first-order valence-corrected chi connectivity index (χ1v) is 31.2. The summed E-state index contributed by atoms with van der Waals surface area (Å²) in [5.41, 5.74) is 18.8. The molecule has 0 atom stereocenters. The van der Waals surface area contributed by atoms with Crippen LogP contribution in [0.3, 0.4) is 0 Å². The lowest BCUT2D eigenvalue weighted by atomic mass is 9.99. The molecule has 92 heavy (non-hydrogen) atoms. The molecule has 0 aliphatic heterocycles. The maximum Gasteiger partial charge on any atom is 0.143 e. The molecule has 17 aromatic rings. The number of furan rings is 2. The third kappa shape index (κ3) is 10.1. The quantitative estimate of drug-likeness (QED) is 0.121. The summed E-state index contributed by atoms with van der Waals surface area (Å²) in [5.74, 6) is 0. The average molecular weight is 1180 g/mol. The second-order valence-corrected chi connectivity index (χ2v) is 23.3. The van der Waals surface area contributed by atoms with Gasteiger partial charge >= 0.3 is 0 Å². The number of rotatable bonds is 11. The summed E-state index contributed by atoms with van der Waals surface area (Å²) < 4.78 is 12.6. The summed E-state index contributed by atoms with van der Waals surface area (Å²) in [6.45, 7) is 8.48. The maximum atomic E-state index is 6.37. The van der Waals surface area contributed by atoms with Crippen molar-refractivity contribution in [2.75, 3.05) is 9.80 Å². The fourth-order valence-corrected chi connectivity index (χ4v) is 13.4. The minimum absolute atomic E-state index is 0.747.